The van der Waals surface area contributed by atoms with Crippen molar-refractivity contribution in [3.63, 3.8) is 0 Å². The molecular formula is C13H22N2O6Re. The van der Waals surface area contributed by atoms with Crippen molar-refractivity contribution in [1.29, 1.82) is 0 Å². The fourth-order valence-electron chi connectivity index (χ4n) is 1.74. The van der Waals surface area contributed by atoms with E-state index >= 15 is 0 Å². The van der Waals surface area contributed by atoms with Crippen LogP contribution in [0.25, 0.3) is 0 Å². The van der Waals surface area contributed by atoms with Crippen molar-refractivity contribution in [1.82, 2.24) is 9.97 Å². The van der Waals surface area contributed by atoms with Gasteiger partial charge in [0.15, 0.2) is 0 Å². The van der Waals surface area contributed by atoms with E-state index in [0.29, 0.717) is 5.69 Å². The van der Waals surface area contributed by atoms with Crippen LogP contribution in [-0.2, 0) is 26.8 Å². The molecular weight excluding hydrogens is 466 g/mol. The Morgan fingerprint density at radius 1 is 0.909 bits per heavy atom. The smallest absolute Gasteiger partial charge is 0.103 e. The molecule has 0 aliphatic rings. The molecule has 0 saturated carbocycles. The van der Waals surface area contributed by atoms with E-state index in [1.807, 2.05) is 0 Å². The molecule has 0 aromatic carbocycles. The van der Waals surface area contributed by atoms with Gasteiger partial charge in [-0.1, -0.05) is 6.92 Å². The van der Waals surface area contributed by atoms with Crippen LogP contribution in [0, 0.1) is 5.92 Å². The number of aliphatic hydroxyl groups excluding tert-OH is 6. The first kappa shape index (κ1) is 21.5. The summed E-state index contributed by atoms with van der Waals surface area (Å²) in [5.41, 5.74) is 0.622. The minimum atomic E-state index is -1.25. The van der Waals surface area contributed by atoms with Crippen LogP contribution in [0.3, 0.4) is 0 Å². The molecule has 1 rings (SSSR count). The third kappa shape index (κ3) is 5.95. The fraction of sp³-hybridized carbons (Fsp3) is 0.692. The molecule has 0 fully saturated rings. The SMILES string of the molecule is CC(C(O)CO)C(O)c1cnc(CC(O)C(O)CO)cn1.[Re]. The Labute approximate surface area is 142 Å². The van der Waals surface area contributed by atoms with E-state index in [1.165, 1.54) is 12.4 Å². The Bertz CT molecular complexity index is 421. The Morgan fingerprint density at radius 3 is 1.95 bits per heavy atom. The summed E-state index contributed by atoms with van der Waals surface area (Å²) in [6, 6.07) is 0. The Morgan fingerprint density at radius 2 is 1.50 bits per heavy atom. The van der Waals surface area contributed by atoms with Crippen LogP contribution >= 0.6 is 0 Å². The predicted octanol–water partition coefficient (Wildman–Crippen LogP) is -2.25. The average molecular weight is 489 g/mol. The molecule has 1 aromatic heterocycles. The third-order valence-corrected chi connectivity index (χ3v) is 3.37. The maximum atomic E-state index is 9.99. The second kappa shape index (κ2) is 10.3. The van der Waals surface area contributed by atoms with E-state index in [1.54, 1.807) is 6.92 Å². The van der Waals surface area contributed by atoms with Crippen LogP contribution in [-0.4, -0.2) is 72.1 Å². The first-order valence-electron chi connectivity index (χ1n) is 6.65. The summed E-state index contributed by atoms with van der Waals surface area (Å²) in [4.78, 5) is 8.00. The van der Waals surface area contributed by atoms with Crippen LogP contribution < -0.4 is 0 Å². The van der Waals surface area contributed by atoms with Crippen LogP contribution in [0.15, 0.2) is 12.4 Å². The predicted molar refractivity (Wildman–Crippen MR) is 72.1 cm³/mol. The zero-order chi connectivity index (χ0) is 16.0. The third-order valence-electron chi connectivity index (χ3n) is 3.37. The van der Waals surface area contributed by atoms with E-state index in [2.05, 4.69) is 9.97 Å². The van der Waals surface area contributed by atoms with Gasteiger partial charge < -0.3 is 30.6 Å². The average Bonchev–Trinajstić information content (AvgIpc) is 2.52. The fourth-order valence-corrected chi connectivity index (χ4v) is 1.74. The van der Waals surface area contributed by atoms with Crippen molar-refractivity contribution in [2.45, 2.75) is 37.8 Å². The molecule has 0 aliphatic heterocycles. The topological polar surface area (TPSA) is 147 Å². The van der Waals surface area contributed by atoms with Crippen molar-refractivity contribution in [2.75, 3.05) is 13.2 Å². The van der Waals surface area contributed by atoms with E-state index < -0.39 is 43.5 Å². The largest absolute Gasteiger partial charge is 0.394 e. The second-order valence-electron chi connectivity index (χ2n) is 5.01. The van der Waals surface area contributed by atoms with Crippen LogP contribution in [0.5, 0.6) is 0 Å². The first-order valence-corrected chi connectivity index (χ1v) is 6.65. The quantitative estimate of drug-likeness (QED) is 0.241. The molecule has 1 aromatic rings. The van der Waals surface area contributed by atoms with Gasteiger partial charge in [0.1, 0.15) is 12.2 Å². The van der Waals surface area contributed by atoms with Crippen molar-refractivity contribution < 1.29 is 51.1 Å². The van der Waals surface area contributed by atoms with Gasteiger partial charge in [0.05, 0.1) is 43.0 Å². The van der Waals surface area contributed by atoms with E-state index in [9.17, 15) is 20.4 Å². The standard InChI is InChI=1S/C13H22N2O6.Re/c1-7(11(19)5-16)13(21)9-4-14-8(3-15-9)2-10(18)12(20)6-17;/h3-4,7,10-13,16-21H,2,5-6H2,1H3;. The Hall–Kier alpha value is -0.498. The maximum absolute atomic E-state index is 9.99. The Balaban J connectivity index is 0.00000441. The van der Waals surface area contributed by atoms with E-state index in [-0.39, 0.29) is 32.5 Å². The van der Waals surface area contributed by atoms with Gasteiger partial charge >= 0.3 is 0 Å². The van der Waals surface area contributed by atoms with Gasteiger partial charge in [-0.05, 0) is 0 Å². The molecule has 9 heteroatoms. The van der Waals surface area contributed by atoms with Gasteiger partial charge in [-0.3, -0.25) is 9.97 Å². The van der Waals surface area contributed by atoms with Crippen LogP contribution in [0.4, 0.5) is 0 Å². The van der Waals surface area contributed by atoms with Crippen molar-refractivity contribution in [2.24, 2.45) is 5.92 Å². The molecule has 22 heavy (non-hydrogen) atoms. The normalized spacial score (nSPS) is 18.0. The molecule has 0 saturated heterocycles. The monoisotopic (exact) mass is 489 g/mol. The summed E-state index contributed by atoms with van der Waals surface area (Å²) >= 11 is 0. The van der Waals surface area contributed by atoms with Gasteiger partial charge in [-0.25, -0.2) is 0 Å². The van der Waals surface area contributed by atoms with E-state index in [4.69, 9.17) is 10.2 Å². The minimum Gasteiger partial charge on any atom is -0.394 e. The van der Waals surface area contributed by atoms with Gasteiger partial charge in [-0.2, -0.15) is 0 Å². The van der Waals surface area contributed by atoms with Crippen molar-refractivity contribution in [3.05, 3.63) is 23.8 Å². The summed E-state index contributed by atoms with van der Waals surface area (Å²) in [5, 5.41) is 55.8. The van der Waals surface area contributed by atoms with Crippen LogP contribution in [0.1, 0.15) is 24.4 Å². The molecule has 1 heterocycles. The number of hydrogen-bond acceptors (Lipinski definition) is 8. The summed E-state index contributed by atoms with van der Waals surface area (Å²) in [7, 11) is 0. The molecule has 0 aliphatic carbocycles. The second-order valence-corrected chi connectivity index (χ2v) is 5.01. The van der Waals surface area contributed by atoms with Gasteiger partial charge in [0.2, 0.25) is 0 Å². The zero-order valence-corrected chi connectivity index (χ0v) is 14.8. The minimum absolute atomic E-state index is 0. The molecule has 5 unspecified atom stereocenters. The zero-order valence-electron chi connectivity index (χ0n) is 12.1. The maximum Gasteiger partial charge on any atom is 0.103 e. The van der Waals surface area contributed by atoms with Crippen molar-refractivity contribution in [3.8, 4) is 0 Å². The number of hydrogen-bond donors (Lipinski definition) is 6. The van der Waals surface area contributed by atoms with Crippen LogP contribution in [0.2, 0.25) is 0 Å². The molecule has 6 N–H and O–H groups in total. The summed E-state index contributed by atoms with van der Waals surface area (Å²) in [6.07, 6.45) is -1.90. The van der Waals surface area contributed by atoms with Gasteiger partial charge in [-0.15, -0.1) is 0 Å². The first-order chi connectivity index (χ1) is 9.90. The summed E-state index contributed by atoms with van der Waals surface area (Å²) in [6.45, 7) is 0.555. The molecule has 8 nitrogen and oxygen atoms in total. The molecule has 0 spiro atoms. The van der Waals surface area contributed by atoms with Crippen molar-refractivity contribution >= 4 is 0 Å². The number of nitrogens with zero attached hydrogens (tertiary/aromatic N) is 2. The molecule has 0 amide bonds. The molecule has 5 atom stereocenters. The van der Waals surface area contributed by atoms with Gasteiger partial charge in [0.25, 0.3) is 0 Å². The Kier molecular flexibility index (Phi) is 10.1. The summed E-state index contributed by atoms with van der Waals surface area (Å²) in [5.74, 6) is -0.614. The molecule has 1 radical (unpaired) electrons. The van der Waals surface area contributed by atoms with E-state index in [0.717, 1.165) is 0 Å². The molecule has 127 valence electrons. The number of rotatable bonds is 8. The van der Waals surface area contributed by atoms with Gasteiger partial charge in [0, 0.05) is 39.0 Å². The molecule has 0 bridgehead atoms. The summed E-state index contributed by atoms with van der Waals surface area (Å²) < 4.78 is 0. The number of aromatic nitrogens is 2. The number of aliphatic hydroxyl groups is 6.